The topological polar surface area (TPSA) is 129 Å². The fourth-order valence-corrected chi connectivity index (χ4v) is 3.10. The van der Waals surface area contributed by atoms with Gasteiger partial charge in [-0.1, -0.05) is 17.3 Å². The number of nitro benzene ring substituents is 1. The Hall–Kier alpha value is -3.69. The van der Waals surface area contributed by atoms with Crippen molar-refractivity contribution in [3.05, 3.63) is 62.5 Å². The van der Waals surface area contributed by atoms with Crippen molar-refractivity contribution in [3.63, 3.8) is 0 Å². The molecule has 0 fully saturated rings. The number of rotatable bonds is 7. The van der Waals surface area contributed by atoms with Crippen molar-refractivity contribution in [2.45, 2.75) is 32.8 Å². The highest BCUT2D eigenvalue weighted by Gasteiger charge is 2.39. The number of methoxy groups -OCH3 is 1. The minimum Gasteiger partial charge on any atom is -0.466 e. The second-order valence-corrected chi connectivity index (χ2v) is 6.64. The van der Waals surface area contributed by atoms with Crippen LogP contribution in [0.2, 0.25) is 0 Å². The maximum atomic E-state index is 12.9. The molecular weight excluding hydrogens is 394 g/mol. The highest BCUT2D eigenvalue weighted by atomic mass is 16.6. The Balaban J connectivity index is 2.78. The highest BCUT2D eigenvalue weighted by Crippen LogP contribution is 2.40. The summed E-state index contributed by atoms with van der Waals surface area (Å²) in [5.41, 5.74) is 0.987. The number of benzene rings is 1. The first-order valence-electron chi connectivity index (χ1n) is 9.03. The van der Waals surface area contributed by atoms with E-state index in [0.717, 1.165) is 0 Å². The second-order valence-electron chi connectivity index (χ2n) is 6.64. The first-order valence-corrected chi connectivity index (χ1v) is 9.03. The van der Waals surface area contributed by atoms with Crippen LogP contribution >= 0.6 is 0 Å². The number of carbonyl (C=O) groups is 2. The zero-order valence-corrected chi connectivity index (χ0v) is 17.3. The lowest BCUT2D eigenvalue weighted by atomic mass is 9.80. The molecule has 1 aliphatic heterocycles. The van der Waals surface area contributed by atoms with Gasteiger partial charge in [0.25, 0.3) is 5.69 Å². The normalized spacial score (nSPS) is 16.5. The maximum absolute atomic E-state index is 12.9. The van der Waals surface area contributed by atoms with E-state index < -0.39 is 28.9 Å². The Bertz CT molecular complexity index is 947. The van der Waals surface area contributed by atoms with Gasteiger partial charge in [0, 0.05) is 17.8 Å². The first kappa shape index (κ1) is 22.6. The third kappa shape index (κ3) is 4.83. The molecular formula is C20H23N3O7. The molecule has 2 rings (SSSR count). The van der Waals surface area contributed by atoms with Gasteiger partial charge >= 0.3 is 11.9 Å². The summed E-state index contributed by atoms with van der Waals surface area (Å²) in [4.78, 5) is 41.1. The smallest absolute Gasteiger partial charge is 0.337 e. The lowest BCUT2D eigenvalue weighted by molar-refractivity contribution is -0.384. The van der Waals surface area contributed by atoms with Gasteiger partial charge in [-0.2, -0.15) is 0 Å². The van der Waals surface area contributed by atoms with Crippen LogP contribution in [0.3, 0.4) is 0 Å². The number of ether oxygens (including phenoxy) is 2. The SMILES string of the molecule is CO/N=C/C1=C(C(=O)OC)[C@H](c2cccc([N+](=O)[O-])c2)C(C(=O)OC(C)C)=C(C)N1. The van der Waals surface area contributed by atoms with Gasteiger partial charge in [-0.05, 0) is 26.3 Å². The fourth-order valence-electron chi connectivity index (χ4n) is 3.10. The Morgan fingerprint density at radius 1 is 1.23 bits per heavy atom. The molecule has 0 amide bonds. The van der Waals surface area contributed by atoms with Crippen molar-refractivity contribution in [1.29, 1.82) is 0 Å². The van der Waals surface area contributed by atoms with E-state index in [2.05, 4.69) is 10.5 Å². The van der Waals surface area contributed by atoms with Crippen LogP contribution in [0.15, 0.2) is 52.0 Å². The van der Waals surface area contributed by atoms with Gasteiger partial charge in [-0.3, -0.25) is 10.1 Å². The molecule has 0 saturated heterocycles. The summed E-state index contributed by atoms with van der Waals surface area (Å²) in [5, 5.41) is 17.9. The van der Waals surface area contributed by atoms with E-state index in [1.807, 2.05) is 0 Å². The molecule has 0 aromatic heterocycles. The van der Waals surface area contributed by atoms with Gasteiger partial charge in [0.15, 0.2) is 0 Å². The molecule has 1 atom stereocenters. The van der Waals surface area contributed by atoms with Crippen molar-refractivity contribution in [2.75, 3.05) is 14.2 Å². The van der Waals surface area contributed by atoms with Crippen LogP contribution in [0.4, 0.5) is 5.69 Å². The molecule has 0 radical (unpaired) electrons. The van der Waals surface area contributed by atoms with Crippen LogP contribution in [0.25, 0.3) is 0 Å². The van der Waals surface area contributed by atoms with Gasteiger partial charge in [0.2, 0.25) is 0 Å². The molecule has 1 heterocycles. The van der Waals surface area contributed by atoms with Crippen LogP contribution in [0.1, 0.15) is 32.3 Å². The van der Waals surface area contributed by atoms with Gasteiger partial charge in [-0.15, -0.1) is 0 Å². The zero-order chi connectivity index (χ0) is 22.4. The number of hydrogen-bond donors (Lipinski definition) is 1. The third-order valence-corrected chi connectivity index (χ3v) is 4.26. The number of nitrogens with one attached hydrogen (secondary N) is 1. The summed E-state index contributed by atoms with van der Waals surface area (Å²) in [6.45, 7) is 5.02. The molecule has 0 unspecified atom stereocenters. The summed E-state index contributed by atoms with van der Waals surface area (Å²) in [6, 6.07) is 5.70. The third-order valence-electron chi connectivity index (χ3n) is 4.26. The van der Waals surface area contributed by atoms with E-state index in [1.165, 1.54) is 38.6 Å². The van der Waals surface area contributed by atoms with Gasteiger partial charge in [0.1, 0.15) is 7.11 Å². The number of oxime groups is 1. The number of non-ortho nitro benzene ring substituents is 1. The highest BCUT2D eigenvalue weighted by molar-refractivity contribution is 6.04. The number of hydrogen-bond acceptors (Lipinski definition) is 9. The number of carbonyl (C=O) groups excluding carboxylic acids is 2. The molecule has 0 saturated carbocycles. The molecule has 0 bridgehead atoms. The Morgan fingerprint density at radius 2 is 1.93 bits per heavy atom. The Labute approximate surface area is 173 Å². The molecule has 1 aromatic rings. The molecule has 0 spiro atoms. The molecule has 1 aromatic carbocycles. The lowest BCUT2D eigenvalue weighted by Gasteiger charge is -2.30. The predicted molar refractivity (Wildman–Crippen MR) is 107 cm³/mol. The van der Waals surface area contributed by atoms with Gasteiger partial charge < -0.3 is 19.6 Å². The molecule has 10 heteroatoms. The van der Waals surface area contributed by atoms with Crippen molar-refractivity contribution in [2.24, 2.45) is 5.16 Å². The quantitative estimate of drug-likeness (QED) is 0.310. The van der Waals surface area contributed by atoms with Crippen LogP contribution in [0.5, 0.6) is 0 Å². The van der Waals surface area contributed by atoms with Crippen LogP contribution in [-0.2, 0) is 23.9 Å². The van der Waals surface area contributed by atoms with E-state index in [9.17, 15) is 19.7 Å². The molecule has 1 N–H and O–H groups in total. The average molecular weight is 417 g/mol. The monoisotopic (exact) mass is 417 g/mol. The fraction of sp³-hybridized carbons (Fsp3) is 0.350. The van der Waals surface area contributed by atoms with E-state index >= 15 is 0 Å². The largest absolute Gasteiger partial charge is 0.466 e. The zero-order valence-electron chi connectivity index (χ0n) is 17.3. The standard InChI is InChI=1S/C20H23N3O7/c1-11(2)30-20(25)16-12(3)22-15(10-21-29-5)18(19(24)28-4)17(16)13-7-6-8-14(9-13)23(26)27/h6-11,17,22H,1-5H3/b21-10+/t17-/m1/s1. The molecule has 0 aliphatic carbocycles. The van der Waals surface area contributed by atoms with Crippen molar-refractivity contribution in [3.8, 4) is 0 Å². The van der Waals surface area contributed by atoms with Crippen molar-refractivity contribution in [1.82, 2.24) is 5.32 Å². The molecule has 10 nitrogen and oxygen atoms in total. The first-order chi connectivity index (χ1) is 14.2. The van der Waals surface area contributed by atoms with Crippen LogP contribution < -0.4 is 5.32 Å². The number of dihydropyridines is 1. The van der Waals surface area contributed by atoms with E-state index in [1.54, 1.807) is 26.8 Å². The molecule has 1 aliphatic rings. The predicted octanol–water partition coefficient (Wildman–Crippen LogP) is 2.57. The molecule has 30 heavy (non-hydrogen) atoms. The minimum absolute atomic E-state index is 0.0418. The van der Waals surface area contributed by atoms with E-state index in [0.29, 0.717) is 11.3 Å². The lowest BCUT2D eigenvalue weighted by Crippen LogP contribution is -2.34. The van der Waals surface area contributed by atoms with Gasteiger partial charge in [0.05, 0.1) is 47.1 Å². The Kier molecular flexibility index (Phi) is 7.29. The number of nitro groups is 1. The summed E-state index contributed by atoms with van der Waals surface area (Å²) >= 11 is 0. The maximum Gasteiger partial charge on any atom is 0.337 e. The summed E-state index contributed by atoms with van der Waals surface area (Å²) in [5.74, 6) is -2.38. The summed E-state index contributed by atoms with van der Waals surface area (Å²) < 4.78 is 10.3. The van der Waals surface area contributed by atoms with E-state index in [-0.39, 0.29) is 22.5 Å². The average Bonchev–Trinajstić information content (AvgIpc) is 2.70. The van der Waals surface area contributed by atoms with Crippen LogP contribution in [0, 0.1) is 10.1 Å². The Morgan fingerprint density at radius 3 is 2.50 bits per heavy atom. The number of nitrogens with zero attached hydrogens (tertiary/aromatic N) is 2. The van der Waals surface area contributed by atoms with Gasteiger partial charge in [-0.25, -0.2) is 9.59 Å². The summed E-state index contributed by atoms with van der Waals surface area (Å²) in [6.07, 6.45) is 0.857. The summed E-state index contributed by atoms with van der Waals surface area (Å²) in [7, 11) is 2.53. The van der Waals surface area contributed by atoms with Crippen molar-refractivity contribution >= 4 is 23.8 Å². The minimum atomic E-state index is -0.983. The van der Waals surface area contributed by atoms with E-state index in [4.69, 9.17) is 14.3 Å². The second kappa shape index (κ2) is 9.68. The number of allylic oxidation sites excluding steroid dienone is 2. The van der Waals surface area contributed by atoms with Crippen molar-refractivity contribution < 1.29 is 28.8 Å². The molecule has 160 valence electrons. The number of esters is 2. The van der Waals surface area contributed by atoms with Crippen LogP contribution in [-0.4, -0.2) is 43.4 Å².